The molecule has 0 amide bonds. The summed E-state index contributed by atoms with van der Waals surface area (Å²) in [6.07, 6.45) is -0.827. The first-order chi connectivity index (χ1) is 15.2. The second-order valence-corrected chi connectivity index (χ2v) is 7.06. The van der Waals surface area contributed by atoms with Gasteiger partial charge in [-0.15, -0.1) is 0 Å². The van der Waals surface area contributed by atoms with Gasteiger partial charge in [-0.3, -0.25) is 10.1 Å². The normalized spacial score (nSPS) is 11.8. The third-order valence-electron chi connectivity index (χ3n) is 4.92. The third-order valence-corrected chi connectivity index (χ3v) is 4.92. The molecule has 0 radical (unpaired) electrons. The van der Waals surface area contributed by atoms with Gasteiger partial charge in [0.05, 0.1) is 0 Å². The molecule has 0 aromatic heterocycles. The number of hydrogen-bond donors (Lipinski definition) is 2. The van der Waals surface area contributed by atoms with E-state index in [9.17, 15) is 9.90 Å². The SMILES string of the molecule is OC(NCc1c(OC(=[OH+])COc2ccccc2)ccc2ccccc12)c1ccccc1. The molecule has 5 heteroatoms. The van der Waals surface area contributed by atoms with E-state index in [4.69, 9.17) is 9.47 Å². The lowest BCUT2D eigenvalue weighted by Gasteiger charge is -2.15. The van der Waals surface area contributed by atoms with Crippen molar-refractivity contribution in [2.45, 2.75) is 12.8 Å². The van der Waals surface area contributed by atoms with Crippen LogP contribution in [0, 0.1) is 0 Å². The van der Waals surface area contributed by atoms with Crippen molar-refractivity contribution in [1.29, 1.82) is 0 Å². The number of ether oxygens (including phenoxy) is 2. The molecule has 0 saturated heterocycles. The molecule has 5 nitrogen and oxygen atoms in total. The molecule has 3 N–H and O–H groups in total. The van der Waals surface area contributed by atoms with Crippen molar-refractivity contribution in [3.63, 3.8) is 0 Å². The molecule has 1 unspecified atom stereocenters. The van der Waals surface area contributed by atoms with Crippen LogP contribution in [0.3, 0.4) is 0 Å². The van der Waals surface area contributed by atoms with Gasteiger partial charge in [0.2, 0.25) is 6.61 Å². The molecule has 0 bridgehead atoms. The summed E-state index contributed by atoms with van der Waals surface area (Å²) in [6, 6.07) is 30.3. The van der Waals surface area contributed by atoms with E-state index >= 15 is 0 Å². The number of carbonyl (C=O) groups excluding carboxylic acids is 1. The minimum atomic E-state index is -0.827. The van der Waals surface area contributed by atoms with Crippen LogP contribution in [0.2, 0.25) is 0 Å². The van der Waals surface area contributed by atoms with Crippen LogP contribution < -0.4 is 14.8 Å². The monoisotopic (exact) mass is 414 g/mol. The Kier molecular flexibility index (Phi) is 6.57. The average Bonchev–Trinajstić information content (AvgIpc) is 2.83. The summed E-state index contributed by atoms with van der Waals surface area (Å²) in [7, 11) is 0. The van der Waals surface area contributed by atoms with Crippen LogP contribution >= 0.6 is 0 Å². The Morgan fingerprint density at radius 2 is 1.52 bits per heavy atom. The molecule has 1 atom stereocenters. The molecule has 0 fully saturated rings. The van der Waals surface area contributed by atoms with E-state index < -0.39 is 6.23 Å². The number of fused-ring (bicyclic) bond motifs is 1. The quantitative estimate of drug-likeness (QED) is 0.192. The van der Waals surface area contributed by atoms with Gasteiger partial charge in [0, 0.05) is 18.2 Å². The second-order valence-electron chi connectivity index (χ2n) is 7.06. The molecule has 0 aliphatic heterocycles. The standard InChI is InChI=1S/C26H23NO4/c28-25(18-30-21-12-5-2-6-13-21)31-24-16-15-19-9-7-8-14-22(19)23(24)17-27-26(29)20-10-3-1-4-11-20/h1-16,26-27,29H,17-18H2/p+1. The Balaban J connectivity index is 1.51. The van der Waals surface area contributed by atoms with Crippen molar-refractivity contribution in [3.05, 3.63) is 108 Å². The van der Waals surface area contributed by atoms with Crippen LogP contribution in [0.4, 0.5) is 0 Å². The Labute approximate surface area is 180 Å². The predicted octanol–water partition coefficient (Wildman–Crippen LogP) is 4.58. The zero-order valence-corrected chi connectivity index (χ0v) is 16.9. The summed E-state index contributed by atoms with van der Waals surface area (Å²) in [5.74, 6) is 0.897. The lowest BCUT2D eigenvalue weighted by molar-refractivity contribution is 0.137. The number of aliphatic hydroxyl groups excluding tert-OH is 1. The van der Waals surface area contributed by atoms with Crippen molar-refractivity contribution in [2.75, 3.05) is 6.61 Å². The van der Waals surface area contributed by atoms with E-state index in [1.165, 1.54) is 0 Å². The summed E-state index contributed by atoms with van der Waals surface area (Å²) in [5, 5.41) is 15.7. The Bertz CT molecular complexity index is 1150. The first-order valence-corrected chi connectivity index (χ1v) is 10.1. The number of aliphatic hydroxyl groups is 1. The topological polar surface area (TPSA) is 72.1 Å². The van der Waals surface area contributed by atoms with Crippen molar-refractivity contribution >= 4 is 16.7 Å². The van der Waals surface area contributed by atoms with Crippen molar-refractivity contribution in [2.24, 2.45) is 0 Å². The zero-order valence-electron chi connectivity index (χ0n) is 16.9. The predicted molar refractivity (Wildman–Crippen MR) is 122 cm³/mol. The molecule has 0 saturated carbocycles. The number of nitrogens with one attached hydrogen (secondary N) is 1. The van der Waals surface area contributed by atoms with Crippen LogP contribution in [0.15, 0.2) is 97.1 Å². The van der Waals surface area contributed by atoms with E-state index in [1.807, 2.05) is 97.1 Å². The van der Waals surface area contributed by atoms with E-state index in [0.29, 0.717) is 18.0 Å². The minimum absolute atomic E-state index is 0.0870. The Morgan fingerprint density at radius 1 is 0.839 bits per heavy atom. The Morgan fingerprint density at radius 3 is 2.29 bits per heavy atom. The van der Waals surface area contributed by atoms with Gasteiger partial charge in [0.25, 0.3) is 5.75 Å². The zero-order chi connectivity index (χ0) is 21.5. The number of hydrogen-bond acceptors (Lipinski definition) is 4. The number of rotatable bonds is 8. The van der Waals surface area contributed by atoms with Crippen molar-refractivity contribution in [3.8, 4) is 11.5 Å². The van der Waals surface area contributed by atoms with Crippen molar-refractivity contribution in [1.82, 2.24) is 5.32 Å². The fourth-order valence-corrected chi connectivity index (χ4v) is 3.36. The highest BCUT2D eigenvalue weighted by Gasteiger charge is 2.21. The van der Waals surface area contributed by atoms with Gasteiger partial charge in [0.15, 0.2) is 0 Å². The maximum Gasteiger partial charge on any atom is 0.528 e. The molecule has 4 aromatic rings. The fourth-order valence-electron chi connectivity index (χ4n) is 3.36. The summed E-state index contributed by atoms with van der Waals surface area (Å²) >= 11 is 0. The molecule has 0 spiro atoms. The maximum absolute atomic E-state index is 10.5. The van der Waals surface area contributed by atoms with E-state index in [2.05, 4.69) is 5.32 Å². The van der Waals surface area contributed by atoms with Gasteiger partial charge < -0.3 is 14.6 Å². The maximum atomic E-state index is 10.5. The molecular formula is C26H24NO4+. The lowest BCUT2D eigenvalue weighted by Crippen LogP contribution is -2.22. The smallest absolute Gasteiger partial charge is 0.476 e. The highest BCUT2D eigenvalue weighted by Crippen LogP contribution is 2.29. The number of esters is 1. The molecule has 0 aliphatic carbocycles. The first kappa shape index (κ1) is 20.6. The molecule has 4 rings (SSSR count). The number of para-hydroxylation sites is 1. The lowest BCUT2D eigenvalue weighted by atomic mass is 10.0. The summed E-state index contributed by atoms with van der Waals surface area (Å²) in [5.41, 5.74) is 1.61. The molecule has 0 aliphatic rings. The molecular weight excluding hydrogens is 390 g/mol. The highest BCUT2D eigenvalue weighted by molar-refractivity contribution is 5.89. The highest BCUT2D eigenvalue weighted by atomic mass is 16.6. The van der Waals surface area contributed by atoms with Gasteiger partial charge >= 0.3 is 5.97 Å². The van der Waals surface area contributed by atoms with Gasteiger partial charge in [-0.1, -0.05) is 72.8 Å². The fraction of sp³-hybridized carbons (Fsp3) is 0.115. The molecule has 156 valence electrons. The third kappa shape index (κ3) is 5.28. The molecule has 31 heavy (non-hydrogen) atoms. The largest absolute Gasteiger partial charge is 0.528 e. The minimum Gasteiger partial charge on any atom is -0.476 e. The molecule has 4 aromatic carbocycles. The van der Waals surface area contributed by atoms with E-state index in [0.717, 1.165) is 21.9 Å². The first-order valence-electron chi connectivity index (χ1n) is 10.1. The van der Waals surface area contributed by atoms with Gasteiger partial charge in [-0.2, -0.15) is 0 Å². The van der Waals surface area contributed by atoms with E-state index in [1.54, 1.807) is 0 Å². The van der Waals surface area contributed by atoms with Crippen LogP contribution in [0.1, 0.15) is 17.4 Å². The van der Waals surface area contributed by atoms with Crippen LogP contribution in [-0.4, -0.2) is 22.5 Å². The number of benzene rings is 4. The van der Waals surface area contributed by atoms with Crippen LogP contribution in [-0.2, 0) is 6.54 Å². The summed E-state index contributed by atoms with van der Waals surface area (Å²) in [4.78, 5) is 10.3. The average molecular weight is 414 g/mol. The summed E-state index contributed by atoms with van der Waals surface area (Å²) < 4.78 is 11.3. The van der Waals surface area contributed by atoms with Gasteiger partial charge in [-0.25, -0.2) is 0 Å². The van der Waals surface area contributed by atoms with Gasteiger partial charge in [-0.05, 0) is 34.5 Å². The second kappa shape index (κ2) is 9.89. The van der Waals surface area contributed by atoms with Crippen LogP contribution in [0.25, 0.3) is 10.8 Å². The Hall–Kier alpha value is -3.67. The summed E-state index contributed by atoms with van der Waals surface area (Å²) in [6.45, 7) is 0.260. The van der Waals surface area contributed by atoms with Crippen molar-refractivity contribution < 1.29 is 19.4 Å². The van der Waals surface area contributed by atoms with Gasteiger partial charge in [0.1, 0.15) is 12.0 Å². The molecule has 0 heterocycles. The van der Waals surface area contributed by atoms with E-state index in [-0.39, 0.29) is 12.6 Å². The van der Waals surface area contributed by atoms with Crippen LogP contribution in [0.5, 0.6) is 11.5 Å².